The fourth-order valence-electron chi connectivity index (χ4n) is 2.34. The van der Waals surface area contributed by atoms with Crippen LogP contribution in [0.2, 0.25) is 0 Å². The monoisotopic (exact) mass is 198 g/mol. The van der Waals surface area contributed by atoms with E-state index in [1.165, 1.54) is 25.8 Å². The van der Waals surface area contributed by atoms with Gasteiger partial charge < -0.3 is 10.4 Å². The summed E-state index contributed by atoms with van der Waals surface area (Å²) in [4.78, 5) is 2.49. The second kappa shape index (κ2) is 4.60. The molecule has 2 aliphatic rings. The number of nitrogens with zero attached hydrogens (tertiary/aromatic N) is 1. The molecule has 82 valence electrons. The van der Waals surface area contributed by atoms with E-state index in [1.54, 1.807) is 0 Å². The Morgan fingerprint density at radius 1 is 1.36 bits per heavy atom. The number of rotatable bonds is 5. The second-order valence-electron chi connectivity index (χ2n) is 4.73. The van der Waals surface area contributed by atoms with Gasteiger partial charge in [-0.1, -0.05) is 6.92 Å². The van der Waals surface area contributed by atoms with Crippen LogP contribution < -0.4 is 5.32 Å². The van der Waals surface area contributed by atoms with Crippen LogP contribution in [0.3, 0.4) is 0 Å². The summed E-state index contributed by atoms with van der Waals surface area (Å²) in [5.41, 5.74) is 0. The topological polar surface area (TPSA) is 35.5 Å². The lowest BCUT2D eigenvalue weighted by Gasteiger charge is -2.30. The lowest BCUT2D eigenvalue weighted by molar-refractivity contribution is 0.0798. The minimum Gasteiger partial charge on any atom is -0.390 e. The van der Waals surface area contributed by atoms with E-state index in [0.717, 1.165) is 25.6 Å². The highest BCUT2D eigenvalue weighted by Crippen LogP contribution is 2.30. The first-order valence-electron chi connectivity index (χ1n) is 5.94. The lowest BCUT2D eigenvalue weighted by Crippen LogP contribution is -2.44. The van der Waals surface area contributed by atoms with Gasteiger partial charge in [-0.25, -0.2) is 0 Å². The lowest BCUT2D eigenvalue weighted by atomic mass is 10.1. The third-order valence-corrected chi connectivity index (χ3v) is 3.32. The van der Waals surface area contributed by atoms with Gasteiger partial charge in [-0.3, -0.25) is 4.90 Å². The summed E-state index contributed by atoms with van der Waals surface area (Å²) in [5.74, 6) is 0.925. The maximum absolute atomic E-state index is 9.82. The summed E-state index contributed by atoms with van der Waals surface area (Å²) < 4.78 is 0. The highest BCUT2D eigenvalue weighted by molar-refractivity contribution is 4.90. The average molecular weight is 198 g/mol. The molecule has 2 rings (SSSR count). The Kier molecular flexibility index (Phi) is 3.42. The normalized spacial score (nSPS) is 32.8. The second-order valence-corrected chi connectivity index (χ2v) is 4.73. The Labute approximate surface area is 86.5 Å². The summed E-state index contributed by atoms with van der Waals surface area (Å²) in [6, 6.07) is 0.371. The first kappa shape index (κ1) is 10.4. The molecule has 0 bridgehead atoms. The summed E-state index contributed by atoms with van der Waals surface area (Å²) in [6.07, 6.45) is 3.84. The molecule has 0 radical (unpaired) electrons. The van der Waals surface area contributed by atoms with Crippen molar-refractivity contribution < 1.29 is 5.11 Å². The molecule has 2 fully saturated rings. The number of aliphatic hydroxyl groups is 1. The first-order chi connectivity index (χ1) is 6.81. The van der Waals surface area contributed by atoms with Gasteiger partial charge in [0.2, 0.25) is 0 Å². The molecule has 2 unspecified atom stereocenters. The molecule has 0 aromatic carbocycles. The van der Waals surface area contributed by atoms with Gasteiger partial charge in [0.25, 0.3) is 0 Å². The molecule has 0 aromatic rings. The van der Waals surface area contributed by atoms with E-state index in [4.69, 9.17) is 0 Å². The van der Waals surface area contributed by atoms with Crippen LogP contribution in [0.15, 0.2) is 0 Å². The Hall–Kier alpha value is -0.120. The van der Waals surface area contributed by atoms with Gasteiger partial charge in [-0.2, -0.15) is 0 Å². The summed E-state index contributed by atoms with van der Waals surface area (Å²) in [5, 5.41) is 13.1. The molecule has 0 spiro atoms. The van der Waals surface area contributed by atoms with Crippen LogP contribution in [0.4, 0.5) is 0 Å². The van der Waals surface area contributed by atoms with Crippen LogP contribution >= 0.6 is 0 Å². The van der Waals surface area contributed by atoms with Crippen molar-refractivity contribution in [1.82, 2.24) is 10.2 Å². The van der Waals surface area contributed by atoms with Crippen molar-refractivity contribution in [1.29, 1.82) is 0 Å². The molecular weight excluding hydrogens is 176 g/mol. The Balaban J connectivity index is 1.86. The number of aliphatic hydroxyl groups excluding tert-OH is 1. The number of hydrogen-bond acceptors (Lipinski definition) is 3. The minimum absolute atomic E-state index is 0.153. The average Bonchev–Trinajstić information content (AvgIpc) is 2.87. The molecule has 1 saturated carbocycles. The van der Waals surface area contributed by atoms with Gasteiger partial charge in [0.15, 0.2) is 0 Å². The first-order valence-corrected chi connectivity index (χ1v) is 5.94. The van der Waals surface area contributed by atoms with E-state index in [1.807, 2.05) is 0 Å². The minimum atomic E-state index is -0.153. The largest absolute Gasteiger partial charge is 0.390 e. The molecule has 3 heteroatoms. The predicted molar refractivity (Wildman–Crippen MR) is 57.3 cm³/mol. The SMILES string of the molecule is CCCN(CC1CC1)C1CNCC1O. The Morgan fingerprint density at radius 3 is 2.64 bits per heavy atom. The van der Waals surface area contributed by atoms with E-state index in [-0.39, 0.29) is 6.10 Å². The highest BCUT2D eigenvalue weighted by Gasteiger charge is 2.33. The number of nitrogens with one attached hydrogen (secondary N) is 1. The fourth-order valence-corrected chi connectivity index (χ4v) is 2.34. The van der Waals surface area contributed by atoms with Crippen molar-refractivity contribution in [2.24, 2.45) is 5.92 Å². The quantitative estimate of drug-likeness (QED) is 0.673. The molecule has 14 heavy (non-hydrogen) atoms. The van der Waals surface area contributed by atoms with Crippen molar-refractivity contribution in [2.75, 3.05) is 26.2 Å². The fraction of sp³-hybridized carbons (Fsp3) is 1.00. The summed E-state index contributed by atoms with van der Waals surface area (Å²) >= 11 is 0. The summed E-state index contributed by atoms with van der Waals surface area (Å²) in [7, 11) is 0. The molecule has 1 aliphatic carbocycles. The van der Waals surface area contributed by atoms with Crippen LogP contribution in [0.1, 0.15) is 26.2 Å². The Bertz CT molecular complexity index is 182. The van der Waals surface area contributed by atoms with Crippen molar-refractivity contribution in [3.8, 4) is 0 Å². The van der Waals surface area contributed by atoms with Crippen LogP contribution in [-0.2, 0) is 0 Å². The third kappa shape index (κ3) is 2.47. The van der Waals surface area contributed by atoms with Crippen LogP contribution in [0.5, 0.6) is 0 Å². The van der Waals surface area contributed by atoms with Gasteiger partial charge in [0.1, 0.15) is 0 Å². The molecule has 0 aromatic heterocycles. The molecule has 1 heterocycles. The van der Waals surface area contributed by atoms with Crippen molar-refractivity contribution in [3.05, 3.63) is 0 Å². The van der Waals surface area contributed by atoms with Crippen molar-refractivity contribution >= 4 is 0 Å². The summed E-state index contributed by atoms with van der Waals surface area (Å²) in [6.45, 7) is 6.30. The molecule has 1 saturated heterocycles. The number of hydrogen-bond donors (Lipinski definition) is 2. The highest BCUT2D eigenvalue weighted by atomic mass is 16.3. The standard InChI is InChI=1S/C11H22N2O/c1-2-5-13(8-9-3-4-9)10-6-12-7-11(10)14/h9-12,14H,2-8H2,1H3. The molecule has 3 nitrogen and oxygen atoms in total. The van der Waals surface area contributed by atoms with Crippen molar-refractivity contribution in [2.45, 2.75) is 38.3 Å². The van der Waals surface area contributed by atoms with Crippen LogP contribution in [0, 0.1) is 5.92 Å². The molecular formula is C11H22N2O. The van der Waals surface area contributed by atoms with Gasteiger partial charge in [-0.15, -0.1) is 0 Å². The van der Waals surface area contributed by atoms with Gasteiger partial charge in [0.05, 0.1) is 6.10 Å². The zero-order chi connectivity index (χ0) is 9.97. The molecule has 2 atom stereocenters. The van der Waals surface area contributed by atoms with Crippen molar-refractivity contribution in [3.63, 3.8) is 0 Å². The molecule has 0 amide bonds. The van der Waals surface area contributed by atoms with Crippen LogP contribution in [0.25, 0.3) is 0 Å². The molecule has 1 aliphatic heterocycles. The Morgan fingerprint density at radius 2 is 2.14 bits per heavy atom. The maximum Gasteiger partial charge on any atom is 0.0831 e. The van der Waals surface area contributed by atoms with Gasteiger partial charge >= 0.3 is 0 Å². The van der Waals surface area contributed by atoms with E-state index in [0.29, 0.717) is 6.04 Å². The smallest absolute Gasteiger partial charge is 0.0831 e. The van der Waals surface area contributed by atoms with Gasteiger partial charge in [-0.05, 0) is 31.7 Å². The van der Waals surface area contributed by atoms with E-state index < -0.39 is 0 Å². The zero-order valence-corrected chi connectivity index (χ0v) is 9.08. The van der Waals surface area contributed by atoms with E-state index in [9.17, 15) is 5.11 Å². The van der Waals surface area contributed by atoms with E-state index in [2.05, 4.69) is 17.1 Å². The van der Waals surface area contributed by atoms with E-state index >= 15 is 0 Å². The van der Waals surface area contributed by atoms with Gasteiger partial charge in [0, 0.05) is 25.7 Å². The predicted octanol–water partition coefficient (Wildman–Crippen LogP) is 0.441. The zero-order valence-electron chi connectivity index (χ0n) is 9.08. The van der Waals surface area contributed by atoms with Crippen LogP contribution in [-0.4, -0.2) is 48.3 Å². The third-order valence-electron chi connectivity index (χ3n) is 3.32. The molecule has 2 N–H and O–H groups in total. The number of β-amino-alcohol motifs (C(OH)–C–C–N with tert-alkyl or cyclic N) is 1. The maximum atomic E-state index is 9.82.